The van der Waals surface area contributed by atoms with Crippen LogP contribution in [0, 0.1) is 0 Å². The molecule has 8 heteroatoms. The first-order chi connectivity index (χ1) is 14.6. The zero-order chi connectivity index (χ0) is 20.9. The first-order valence-corrected chi connectivity index (χ1v) is 12.0. The van der Waals surface area contributed by atoms with Gasteiger partial charge in [0.1, 0.15) is 0 Å². The number of aromatic nitrogens is 3. The number of hydrogen-bond donors (Lipinski definition) is 0. The van der Waals surface area contributed by atoms with Gasteiger partial charge in [0, 0.05) is 13.7 Å². The Balaban J connectivity index is 1.46. The molecule has 1 saturated heterocycles. The molecule has 0 radical (unpaired) electrons. The highest BCUT2D eigenvalue weighted by molar-refractivity contribution is 7.99. The molecule has 30 heavy (non-hydrogen) atoms. The maximum absolute atomic E-state index is 12.8. The molecular formula is C22H26N4O2S2. The van der Waals surface area contributed by atoms with Crippen molar-refractivity contribution in [2.75, 3.05) is 19.4 Å². The van der Waals surface area contributed by atoms with Gasteiger partial charge in [-0.2, -0.15) is 0 Å². The summed E-state index contributed by atoms with van der Waals surface area (Å²) in [6, 6.07) is 14.2. The average molecular weight is 443 g/mol. The smallest absolute Gasteiger partial charge is 0.233 e. The van der Waals surface area contributed by atoms with Crippen LogP contribution in [0.2, 0.25) is 0 Å². The average Bonchev–Trinajstić information content (AvgIpc) is 3.54. The highest BCUT2D eigenvalue weighted by Gasteiger charge is 2.24. The van der Waals surface area contributed by atoms with E-state index in [1.54, 1.807) is 16.2 Å². The molecule has 1 fully saturated rings. The van der Waals surface area contributed by atoms with E-state index in [4.69, 9.17) is 4.74 Å². The second-order valence-corrected chi connectivity index (χ2v) is 9.30. The van der Waals surface area contributed by atoms with Crippen molar-refractivity contribution < 1.29 is 9.53 Å². The van der Waals surface area contributed by atoms with Crippen molar-refractivity contribution in [3.8, 4) is 10.7 Å². The molecule has 0 spiro atoms. The number of carbonyl (C=O) groups is 1. The van der Waals surface area contributed by atoms with Crippen molar-refractivity contribution in [3.63, 3.8) is 0 Å². The van der Waals surface area contributed by atoms with Gasteiger partial charge in [-0.15, -0.1) is 21.5 Å². The van der Waals surface area contributed by atoms with E-state index < -0.39 is 0 Å². The molecular weight excluding hydrogens is 416 g/mol. The summed E-state index contributed by atoms with van der Waals surface area (Å²) in [6.45, 7) is 3.57. The normalized spacial score (nSPS) is 17.2. The van der Waals surface area contributed by atoms with Crippen LogP contribution in [0.5, 0.6) is 0 Å². The predicted molar refractivity (Wildman–Crippen MR) is 121 cm³/mol. The van der Waals surface area contributed by atoms with E-state index in [0.717, 1.165) is 40.9 Å². The Hall–Kier alpha value is -2.16. The number of thioether (sulfide) groups is 1. The Labute approximate surface area is 185 Å². The van der Waals surface area contributed by atoms with E-state index in [2.05, 4.69) is 20.8 Å². The fraction of sp³-hybridized carbons (Fsp3) is 0.409. The minimum atomic E-state index is 0.0192. The second-order valence-electron chi connectivity index (χ2n) is 7.41. The maximum atomic E-state index is 12.8. The topological polar surface area (TPSA) is 60.2 Å². The summed E-state index contributed by atoms with van der Waals surface area (Å²) >= 11 is 3.09. The number of amides is 1. The quantitative estimate of drug-likeness (QED) is 0.481. The van der Waals surface area contributed by atoms with Gasteiger partial charge in [-0.1, -0.05) is 48.2 Å². The van der Waals surface area contributed by atoms with Crippen molar-refractivity contribution in [1.82, 2.24) is 19.7 Å². The van der Waals surface area contributed by atoms with Crippen LogP contribution >= 0.6 is 23.1 Å². The number of hydrogen-bond acceptors (Lipinski definition) is 6. The van der Waals surface area contributed by atoms with E-state index in [0.29, 0.717) is 12.3 Å². The fourth-order valence-corrected chi connectivity index (χ4v) is 5.13. The molecule has 0 N–H and O–H groups in total. The Morgan fingerprint density at radius 2 is 2.13 bits per heavy atom. The lowest BCUT2D eigenvalue weighted by Crippen LogP contribution is -2.31. The summed E-state index contributed by atoms with van der Waals surface area (Å²) < 4.78 is 7.95. The van der Waals surface area contributed by atoms with Gasteiger partial charge in [0.15, 0.2) is 11.0 Å². The summed E-state index contributed by atoms with van der Waals surface area (Å²) in [7, 11) is 1.86. The first kappa shape index (κ1) is 21.1. The Morgan fingerprint density at radius 3 is 2.83 bits per heavy atom. The van der Waals surface area contributed by atoms with E-state index >= 15 is 0 Å². The molecule has 2 unspecified atom stereocenters. The number of ether oxygens (including phenoxy) is 1. The summed E-state index contributed by atoms with van der Waals surface area (Å²) in [6.07, 6.45) is 2.31. The molecule has 2 atom stereocenters. The maximum Gasteiger partial charge on any atom is 0.233 e. The van der Waals surface area contributed by atoms with Crippen LogP contribution < -0.4 is 0 Å². The summed E-state index contributed by atoms with van der Waals surface area (Å²) in [5.41, 5.74) is 1.12. The van der Waals surface area contributed by atoms with Crippen LogP contribution in [0.15, 0.2) is 53.0 Å². The van der Waals surface area contributed by atoms with Crippen LogP contribution in [0.4, 0.5) is 0 Å². The Bertz CT molecular complexity index is 953. The van der Waals surface area contributed by atoms with Gasteiger partial charge < -0.3 is 9.64 Å². The molecule has 158 valence electrons. The van der Waals surface area contributed by atoms with Crippen LogP contribution in [0.1, 0.15) is 31.4 Å². The van der Waals surface area contributed by atoms with Crippen molar-refractivity contribution in [2.45, 2.75) is 43.6 Å². The van der Waals surface area contributed by atoms with Crippen molar-refractivity contribution >= 4 is 29.0 Å². The molecule has 0 aliphatic carbocycles. The number of benzene rings is 1. The molecule has 1 aromatic carbocycles. The number of nitrogens with zero attached hydrogens (tertiary/aromatic N) is 4. The third-order valence-electron chi connectivity index (χ3n) is 5.45. The third-order valence-corrected chi connectivity index (χ3v) is 7.27. The van der Waals surface area contributed by atoms with Crippen molar-refractivity contribution in [1.29, 1.82) is 0 Å². The van der Waals surface area contributed by atoms with Crippen molar-refractivity contribution in [2.24, 2.45) is 0 Å². The third kappa shape index (κ3) is 4.77. The van der Waals surface area contributed by atoms with Gasteiger partial charge in [-0.05, 0) is 36.8 Å². The van der Waals surface area contributed by atoms with E-state index in [1.807, 2.05) is 55.7 Å². The van der Waals surface area contributed by atoms with Gasteiger partial charge in [-0.25, -0.2) is 0 Å². The van der Waals surface area contributed by atoms with Gasteiger partial charge >= 0.3 is 0 Å². The molecule has 3 heterocycles. The van der Waals surface area contributed by atoms with Gasteiger partial charge in [0.2, 0.25) is 5.91 Å². The second kappa shape index (κ2) is 9.76. The zero-order valence-corrected chi connectivity index (χ0v) is 18.9. The molecule has 1 amide bonds. The van der Waals surface area contributed by atoms with Crippen LogP contribution in [0.25, 0.3) is 10.7 Å². The van der Waals surface area contributed by atoms with E-state index in [9.17, 15) is 4.79 Å². The Kier molecular flexibility index (Phi) is 6.86. The first-order valence-electron chi connectivity index (χ1n) is 10.2. The molecule has 3 aromatic rings. The summed E-state index contributed by atoms with van der Waals surface area (Å²) in [5, 5.41) is 11.6. The SMILES string of the molecule is CC(c1ccccc1)N(C)C(=O)CSc1nnc(-c2cccs2)n1CC1CCCO1. The lowest BCUT2D eigenvalue weighted by Gasteiger charge is -2.25. The van der Waals surface area contributed by atoms with Gasteiger partial charge in [-0.3, -0.25) is 9.36 Å². The number of carbonyl (C=O) groups excluding carboxylic acids is 1. The largest absolute Gasteiger partial charge is 0.376 e. The number of thiophene rings is 1. The van der Waals surface area contributed by atoms with Crippen LogP contribution in [-0.4, -0.2) is 51.1 Å². The highest BCUT2D eigenvalue weighted by atomic mass is 32.2. The van der Waals surface area contributed by atoms with Gasteiger partial charge in [0.25, 0.3) is 0 Å². The predicted octanol–water partition coefficient (Wildman–Crippen LogP) is 4.50. The number of rotatable bonds is 8. The molecule has 4 rings (SSSR count). The van der Waals surface area contributed by atoms with E-state index in [-0.39, 0.29) is 18.1 Å². The lowest BCUT2D eigenvalue weighted by atomic mass is 10.1. The van der Waals surface area contributed by atoms with Crippen molar-refractivity contribution in [3.05, 3.63) is 53.4 Å². The molecule has 6 nitrogen and oxygen atoms in total. The molecule has 1 aliphatic rings. The molecule has 0 saturated carbocycles. The molecule has 2 aromatic heterocycles. The highest BCUT2D eigenvalue weighted by Crippen LogP contribution is 2.29. The van der Waals surface area contributed by atoms with E-state index in [1.165, 1.54) is 11.8 Å². The Morgan fingerprint density at radius 1 is 1.30 bits per heavy atom. The lowest BCUT2D eigenvalue weighted by molar-refractivity contribution is -0.128. The summed E-state index contributed by atoms with van der Waals surface area (Å²) in [5.74, 6) is 1.24. The minimum Gasteiger partial charge on any atom is -0.376 e. The summed E-state index contributed by atoms with van der Waals surface area (Å²) in [4.78, 5) is 15.7. The zero-order valence-electron chi connectivity index (χ0n) is 17.2. The van der Waals surface area contributed by atoms with Gasteiger partial charge in [0.05, 0.1) is 29.3 Å². The van der Waals surface area contributed by atoms with Crippen LogP contribution in [0.3, 0.4) is 0 Å². The minimum absolute atomic E-state index is 0.0192. The monoisotopic (exact) mass is 442 g/mol. The van der Waals surface area contributed by atoms with Crippen LogP contribution in [-0.2, 0) is 16.1 Å². The standard InChI is InChI=1S/C22H26N4O2S2/c1-16(17-8-4-3-5-9-17)25(2)20(27)15-30-22-24-23-21(19-11-7-13-29-19)26(22)14-18-10-6-12-28-18/h3-5,7-9,11,13,16,18H,6,10,12,14-15H2,1-2H3. The molecule has 1 aliphatic heterocycles. The fourth-order valence-electron chi connectivity index (χ4n) is 3.54. The molecule has 0 bridgehead atoms.